The molecule has 0 spiro atoms. The standard InChI is InChI=1S/C20H23N5O/c1-4-15-6-8-16(9-7-15)12-18(19-22-24-25-23-19)20(26)21-17-10-5-13(2)14(3)11-17/h5-11,18H,4,12H2,1-3H3,(H2,21,22,23,24,25,26)/p-1/t18-/m1/s1. The molecular weight excluding hydrogens is 326 g/mol. The first-order chi connectivity index (χ1) is 12.6. The molecule has 1 heterocycles. The maximum atomic E-state index is 12.9. The third-order valence-electron chi connectivity index (χ3n) is 4.61. The molecule has 0 fully saturated rings. The molecule has 0 aliphatic rings. The second-order valence-electron chi connectivity index (χ2n) is 6.45. The number of anilines is 1. The quantitative estimate of drug-likeness (QED) is 0.740. The number of amides is 1. The highest BCUT2D eigenvalue weighted by molar-refractivity contribution is 5.95. The van der Waals surface area contributed by atoms with Crippen molar-refractivity contribution in [1.82, 2.24) is 20.6 Å². The van der Waals surface area contributed by atoms with E-state index >= 15 is 0 Å². The van der Waals surface area contributed by atoms with Gasteiger partial charge in [-0.3, -0.25) is 15.1 Å². The lowest BCUT2D eigenvalue weighted by atomic mass is 9.96. The molecule has 26 heavy (non-hydrogen) atoms. The summed E-state index contributed by atoms with van der Waals surface area (Å²) in [6.07, 6.45) is 1.48. The topological polar surface area (TPSA) is 81.9 Å². The lowest BCUT2D eigenvalue weighted by Gasteiger charge is -2.18. The highest BCUT2D eigenvalue weighted by atomic mass is 16.1. The van der Waals surface area contributed by atoms with Crippen LogP contribution in [0.15, 0.2) is 42.5 Å². The number of nitrogens with one attached hydrogen (secondary N) is 1. The molecule has 3 aromatic rings. The Kier molecular flexibility index (Phi) is 5.41. The summed E-state index contributed by atoms with van der Waals surface area (Å²) in [5.74, 6) is -0.368. The Morgan fingerprint density at radius 1 is 1.08 bits per heavy atom. The van der Waals surface area contributed by atoms with Crippen molar-refractivity contribution in [3.63, 3.8) is 0 Å². The van der Waals surface area contributed by atoms with Gasteiger partial charge in [-0.2, -0.15) is 5.21 Å². The van der Waals surface area contributed by atoms with Gasteiger partial charge in [-0.15, -0.1) is 0 Å². The van der Waals surface area contributed by atoms with Crippen molar-refractivity contribution < 1.29 is 4.79 Å². The number of aromatic nitrogens is 4. The van der Waals surface area contributed by atoms with Crippen molar-refractivity contribution >= 4 is 11.6 Å². The van der Waals surface area contributed by atoms with Crippen LogP contribution in [-0.4, -0.2) is 21.4 Å². The number of rotatable bonds is 6. The fourth-order valence-corrected chi connectivity index (χ4v) is 2.79. The van der Waals surface area contributed by atoms with Crippen LogP contribution in [0.25, 0.3) is 0 Å². The van der Waals surface area contributed by atoms with Crippen LogP contribution < -0.4 is 10.4 Å². The van der Waals surface area contributed by atoms with Gasteiger partial charge < -0.3 is 10.4 Å². The lowest BCUT2D eigenvalue weighted by molar-refractivity contribution is -0.117. The molecule has 0 radical (unpaired) electrons. The Morgan fingerprint density at radius 3 is 2.42 bits per heavy atom. The van der Waals surface area contributed by atoms with Gasteiger partial charge in [0.15, 0.2) is 0 Å². The summed E-state index contributed by atoms with van der Waals surface area (Å²) in [5.41, 5.74) is 5.38. The molecule has 0 aliphatic heterocycles. The summed E-state index contributed by atoms with van der Waals surface area (Å²) >= 11 is 0. The van der Waals surface area contributed by atoms with E-state index in [-0.39, 0.29) is 5.91 Å². The van der Waals surface area contributed by atoms with Gasteiger partial charge in [0.05, 0.1) is 5.92 Å². The van der Waals surface area contributed by atoms with Gasteiger partial charge in [-0.25, -0.2) is 0 Å². The van der Waals surface area contributed by atoms with E-state index in [2.05, 4.69) is 45.0 Å². The second kappa shape index (κ2) is 7.91. The van der Waals surface area contributed by atoms with Gasteiger partial charge in [0.25, 0.3) is 0 Å². The van der Waals surface area contributed by atoms with Gasteiger partial charge in [0.2, 0.25) is 5.91 Å². The zero-order valence-corrected chi connectivity index (χ0v) is 15.2. The fraction of sp³-hybridized carbons (Fsp3) is 0.300. The molecular formula is C20H22N5O-. The maximum Gasteiger partial charge on any atom is 0.232 e. The van der Waals surface area contributed by atoms with E-state index in [0.717, 1.165) is 23.2 Å². The number of tetrazole rings is 1. The van der Waals surface area contributed by atoms with Crippen LogP contribution >= 0.6 is 0 Å². The molecule has 2 aromatic carbocycles. The first-order valence-electron chi connectivity index (χ1n) is 8.71. The van der Waals surface area contributed by atoms with Crippen LogP contribution in [0.4, 0.5) is 5.69 Å². The number of nitrogens with zero attached hydrogens (tertiary/aromatic N) is 4. The predicted molar refractivity (Wildman–Crippen MR) is 100.0 cm³/mol. The first-order valence-corrected chi connectivity index (χ1v) is 8.71. The van der Waals surface area contributed by atoms with Crippen molar-refractivity contribution in [2.45, 2.75) is 39.5 Å². The third kappa shape index (κ3) is 4.14. The Labute approximate surface area is 153 Å². The Morgan fingerprint density at radius 2 is 1.81 bits per heavy atom. The van der Waals surface area contributed by atoms with Crippen LogP contribution in [0.3, 0.4) is 0 Å². The van der Waals surface area contributed by atoms with Gasteiger partial charge in [0.1, 0.15) is 0 Å². The molecule has 134 valence electrons. The zero-order chi connectivity index (χ0) is 18.5. The fourth-order valence-electron chi connectivity index (χ4n) is 2.79. The number of carbonyl (C=O) groups is 1. The molecule has 1 amide bonds. The van der Waals surface area contributed by atoms with Crippen molar-refractivity contribution in [2.24, 2.45) is 0 Å². The van der Waals surface area contributed by atoms with Crippen molar-refractivity contribution in [3.05, 3.63) is 70.5 Å². The molecule has 0 saturated carbocycles. The molecule has 3 rings (SSSR count). The predicted octanol–water partition coefficient (Wildman–Crippen LogP) is 2.97. The smallest absolute Gasteiger partial charge is 0.232 e. The average molecular weight is 348 g/mol. The second-order valence-corrected chi connectivity index (χ2v) is 6.45. The summed E-state index contributed by atoms with van der Waals surface area (Å²) < 4.78 is 0. The van der Waals surface area contributed by atoms with Gasteiger partial charge >= 0.3 is 0 Å². The van der Waals surface area contributed by atoms with Crippen LogP contribution in [0.2, 0.25) is 0 Å². The Balaban J connectivity index is 1.81. The van der Waals surface area contributed by atoms with Crippen molar-refractivity contribution in [2.75, 3.05) is 5.32 Å². The average Bonchev–Trinajstić information content (AvgIpc) is 3.17. The molecule has 0 saturated heterocycles. The van der Waals surface area contributed by atoms with E-state index in [0.29, 0.717) is 12.2 Å². The molecule has 0 bridgehead atoms. The van der Waals surface area contributed by atoms with Gasteiger partial charge in [0, 0.05) is 11.5 Å². The van der Waals surface area contributed by atoms with E-state index in [1.54, 1.807) is 0 Å². The Bertz CT molecular complexity index is 872. The minimum Gasteiger partial charge on any atom is -0.335 e. The zero-order valence-electron chi connectivity index (χ0n) is 15.2. The minimum absolute atomic E-state index is 0.164. The number of hydrogen-bond donors (Lipinski definition) is 1. The van der Waals surface area contributed by atoms with Crippen LogP contribution in [0.5, 0.6) is 0 Å². The van der Waals surface area contributed by atoms with E-state index in [4.69, 9.17) is 0 Å². The molecule has 1 N–H and O–H groups in total. The summed E-state index contributed by atoms with van der Waals surface area (Å²) in [7, 11) is 0. The summed E-state index contributed by atoms with van der Waals surface area (Å²) in [4.78, 5) is 12.9. The first kappa shape index (κ1) is 17.8. The monoisotopic (exact) mass is 348 g/mol. The minimum atomic E-state index is -0.543. The molecule has 6 nitrogen and oxygen atoms in total. The summed E-state index contributed by atoms with van der Waals surface area (Å²) in [6, 6.07) is 14.1. The molecule has 0 aliphatic carbocycles. The maximum absolute atomic E-state index is 12.9. The largest absolute Gasteiger partial charge is 0.335 e. The highest BCUT2D eigenvalue weighted by Gasteiger charge is 2.21. The van der Waals surface area contributed by atoms with E-state index in [1.807, 2.05) is 44.2 Å². The van der Waals surface area contributed by atoms with Crippen molar-refractivity contribution in [1.29, 1.82) is 0 Å². The van der Waals surface area contributed by atoms with Crippen molar-refractivity contribution in [3.8, 4) is 0 Å². The van der Waals surface area contributed by atoms with Crippen LogP contribution in [0, 0.1) is 13.8 Å². The number of carbonyl (C=O) groups excluding carboxylic acids is 1. The number of benzene rings is 2. The van der Waals surface area contributed by atoms with Crippen LogP contribution in [0.1, 0.15) is 40.9 Å². The molecule has 6 heteroatoms. The van der Waals surface area contributed by atoms with E-state index in [1.165, 1.54) is 11.1 Å². The summed E-state index contributed by atoms with van der Waals surface area (Å²) in [6.45, 7) is 6.18. The number of hydrogen-bond acceptors (Lipinski definition) is 4. The van der Waals surface area contributed by atoms with E-state index < -0.39 is 5.92 Å². The Hall–Kier alpha value is -3.02. The third-order valence-corrected chi connectivity index (χ3v) is 4.61. The van der Waals surface area contributed by atoms with Crippen LogP contribution in [-0.2, 0) is 17.6 Å². The van der Waals surface area contributed by atoms with Gasteiger partial charge in [-0.1, -0.05) is 37.3 Å². The number of aryl methyl sites for hydroxylation is 3. The lowest BCUT2D eigenvalue weighted by Crippen LogP contribution is -2.24. The van der Waals surface area contributed by atoms with Gasteiger partial charge in [-0.05, 0) is 61.1 Å². The van der Waals surface area contributed by atoms with E-state index in [9.17, 15) is 4.79 Å². The normalized spacial score (nSPS) is 12.0. The molecule has 1 aromatic heterocycles. The molecule has 1 atom stereocenters. The summed E-state index contributed by atoms with van der Waals surface area (Å²) in [5, 5.41) is 17.9. The molecule has 0 unspecified atom stereocenters. The SMILES string of the molecule is CCc1ccc(C[C@@H](C(=O)Nc2ccc(C)c(C)c2)c2nnn[n-]2)cc1. The highest BCUT2D eigenvalue weighted by Crippen LogP contribution is 2.21.